The van der Waals surface area contributed by atoms with Crippen LogP contribution in [0.3, 0.4) is 0 Å². The zero-order chi connectivity index (χ0) is 29.5. The van der Waals surface area contributed by atoms with Gasteiger partial charge in [-0.05, 0) is 45.2 Å². The van der Waals surface area contributed by atoms with Crippen LogP contribution in [0.2, 0.25) is 0 Å². The number of carbonyl (C=O) groups excluding carboxylic acids is 1. The SMILES string of the molecule is CC1CC1(Cn1cnc2c(Sc3ccc([N+](=O)[O-])cc3)nc(N)nc21)OC(COC(=O)OC(C)(C)C)P(=O)(O)O. The lowest BCUT2D eigenvalue weighted by molar-refractivity contribution is -0.384. The number of nitrogens with two attached hydrogens (primary N) is 1. The number of aromatic nitrogens is 4. The quantitative estimate of drug-likeness (QED) is 0.1000. The van der Waals surface area contributed by atoms with Crippen molar-refractivity contribution in [2.24, 2.45) is 5.92 Å². The first-order chi connectivity index (χ1) is 18.6. The van der Waals surface area contributed by atoms with Crippen molar-refractivity contribution in [1.29, 1.82) is 0 Å². The number of hydrogen-bond donors (Lipinski definition) is 3. The van der Waals surface area contributed by atoms with Crippen molar-refractivity contribution >= 4 is 48.3 Å². The first-order valence-corrected chi connectivity index (χ1v) is 14.6. The number of non-ortho nitro benzene ring substituents is 1. The number of hydrogen-bond acceptors (Lipinski definition) is 12. The second-order valence-electron chi connectivity index (χ2n) is 10.4. The highest BCUT2D eigenvalue weighted by Gasteiger charge is 2.56. The number of imidazole rings is 1. The standard InChI is InChI=1S/C23H29N6O9PS/c1-13-9-23(13,37-16(39(33,34)35)10-36-21(30)38-22(2,3)4)11-28-12-25-17-18(28)26-20(24)27-19(17)40-15-7-5-14(6-8-15)29(31)32/h5-8,12-13,16H,9-11H2,1-4H3,(H2,24,26,27)(H2,33,34,35). The average molecular weight is 597 g/mol. The third kappa shape index (κ3) is 7.06. The molecular weight excluding hydrogens is 567 g/mol. The van der Waals surface area contributed by atoms with E-state index in [1.54, 1.807) is 37.5 Å². The zero-order valence-electron chi connectivity index (χ0n) is 22.1. The number of nitro benzene ring substituents is 1. The second kappa shape index (κ2) is 10.9. The molecule has 2 heterocycles. The predicted molar refractivity (Wildman–Crippen MR) is 143 cm³/mol. The summed E-state index contributed by atoms with van der Waals surface area (Å²) in [5.41, 5.74) is 4.87. The molecule has 0 aliphatic heterocycles. The van der Waals surface area contributed by atoms with Crippen LogP contribution in [0.5, 0.6) is 0 Å². The number of anilines is 1. The lowest BCUT2D eigenvalue weighted by Gasteiger charge is -2.27. The maximum atomic E-state index is 12.2. The largest absolute Gasteiger partial charge is 0.508 e. The number of carbonyl (C=O) groups is 1. The molecule has 0 spiro atoms. The summed E-state index contributed by atoms with van der Waals surface area (Å²) in [7, 11) is -4.84. The molecule has 0 amide bonds. The van der Waals surface area contributed by atoms with Gasteiger partial charge in [0.25, 0.3) is 5.69 Å². The number of benzene rings is 1. The minimum absolute atomic E-state index is 0.0312. The highest BCUT2D eigenvalue weighted by atomic mass is 32.2. The van der Waals surface area contributed by atoms with Crippen molar-refractivity contribution in [3.63, 3.8) is 0 Å². The number of nitrogen functional groups attached to an aromatic ring is 1. The van der Waals surface area contributed by atoms with E-state index < -0.39 is 42.3 Å². The molecule has 2 aromatic heterocycles. The molecule has 1 aromatic carbocycles. The van der Waals surface area contributed by atoms with E-state index in [0.717, 1.165) is 0 Å². The summed E-state index contributed by atoms with van der Waals surface area (Å²) in [5.74, 6) is -1.84. The van der Waals surface area contributed by atoms with Gasteiger partial charge in [0.15, 0.2) is 11.5 Å². The Hall–Kier alpha value is -3.30. The third-order valence-electron chi connectivity index (χ3n) is 6.02. The van der Waals surface area contributed by atoms with E-state index in [4.69, 9.17) is 19.9 Å². The van der Waals surface area contributed by atoms with Crippen LogP contribution in [0.4, 0.5) is 16.4 Å². The first kappa shape index (κ1) is 29.7. The molecule has 1 aliphatic carbocycles. The summed E-state index contributed by atoms with van der Waals surface area (Å²) in [6, 6.07) is 5.92. The van der Waals surface area contributed by atoms with Gasteiger partial charge in [-0.1, -0.05) is 18.7 Å². The maximum Gasteiger partial charge on any atom is 0.508 e. The van der Waals surface area contributed by atoms with Gasteiger partial charge in [0.05, 0.1) is 23.4 Å². The van der Waals surface area contributed by atoms with Gasteiger partial charge in [-0.2, -0.15) is 4.98 Å². The predicted octanol–water partition coefficient (Wildman–Crippen LogP) is 3.72. The zero-order valence-corrected chi connectivity index (χ0v) is 23.8. The number of nitro groups is 1. The Bertz CT molecular complexity index is 1470. The van der Waals surface area contributed by atoms with E-state index in [1.807, 2.05) is 6.92 Å². The molecular formula is C23H29N6O9PS. The fourth-order valence-corrected chi connectivity index (χ4v) is 5.42. The molecule has 4 N–H and O–H groups in total. The summed E-state index contributed by atoms with van der Waals surface area (Å²) in [4.78, 5) is 55.9. The monoisotopic (exact) mass is 596 g/mol. The second-order valence-corrected chi connectivity index (χ2v) is 13.2. The normalized spacial score (nSPS) is 19.8. The summed E-state index contributed by atoms with van der Waals surface area (Å²) in [6.07, 6.45) is 0.900. The van der Waals surface area contributed by atoms with Gasteiger partial charge in [0.1, 0.15) is 22.8 Å². The van der Waals surface area contributed by atoms with Crippen LogP contribution in [0.25, 0.3) is 11.2 Å². The molecule has 15 nitrogen and oxygen atoms in total. The Morgan fingerprint density at radius 1 is 1.32 bits per heavy atom. The molecule has 17 heteroatoms. The number of ether oxygens (including phenoxy) is 3. The number of nitrogens with zero attached hydrogens (tertiary/aromatic N) is 5. The van der Waals surface area contributed by atoms with E-state index in [-0.39, 0.29) is 24.1 Å². The molecule has 1 aliphatic rings. The Morgan fingerprint density at radius 3 is 2.52 bits per heavy atom. The molecule has 3 aromatic rings. The van der Waals surface area contributed by atoms with Gasteiger partial charge >= 0.3 is 13.8 Å². The van der Waals surface area contributed by atoms with Crippen LogP contribution < -0.4 is 5.73 Å². The van der Waals surface area contributed by atoms with Crippen molar-refractivity contribution in [1.82, 2.24) is 19.5 Å². The highest BCUT2D eigenvalue weighted by Crippen LogP contribution is 2.54. The molecule has 0 bridgehead atoms. The smallest absolute Gasteiger partial charge is 0.431 e. The van der Waals surface area contributed by atoms with Crippen molar-refractivity contribution in [3.8, 4) is 0 Å². The van der Waals surface area contributed by atoms with Gasteiger partial charge in [-0.25, -0.2) is 14.8 Å². The number of rotatable bonds is 10. The Morgan fingerprint density at radius 2 is 1.98 bits per heavy atom. The molecule has 3 atom stereocenters. The van der Waals surface area contributed by atoms with Crippen molar-refractivity contribution < 1.29 is 38.3 Å². The molecule has 216 valence electrons. The van der Waals surface area contributed by atoms with E-state index in [2.05, 4.69) is 15.0 Å². The highest BCUT2D eigenvalue weighted by molar-refractivity contribution is 7.99. The molecule has 4 rings (SSSR count). The maximum absolute atomic E-state index is 12.2. The van der Waals surface area contributed by atoms with Crippen LogP contribution in [0.15, 0.2) is 40.5 Å². The van der Waals surface area contributed by atoms with Crippen LogP contribution in [-0.2, 0) is 25.3 Å². The summed E-state index contributed by atoms with van der Waals surface area (Å²) >= 11 is 1.20. The summed E-state index contributed by atoms with van der Waals surface area (Å²) in [5, 5.41) is 11.4. The average Bonchev–Trinajstić information content (AvgIpc) is 3.27. The van der Waals surface area contributed by atoms with Crippen LogP contribution in [-0.4, -0.2) is 64.0 Å². The first-order valence-electron chi connectivity index (χ1n) is 12.1. The van der Waals surface area contributed by atoms with Crippen molar-refractivity contribution in [2.45, 2.75) is 67.6 Å². The Labute approximate surface area is 232 Å². The summed E-state index contributed by atoms with van der Waals surface area (Å²) in [6.45, 7) is 6.19. The van der Waals surface area contributed by atoms with Crippen LogP contribution in [0, 0.1) is 16.0 Å². The molecule has 1 saturated carbocycles. The lowest BCUT2D eigenvalue weighted by atomic mass is 10.2. The fraction of sp³-hybridized carbons (Fsp3) is 0.478. The van der Waals surface area contributed by atoms with E-state index >= 15 is 0 Å². The third-order valence-corrected chi connectivity index (χ3v) is 8.01. The van der Waals surface area contributed by atoms with E-state index in [1.165, 1.54) is 30.2 Å². The molecule has 1 fully saturated rings. The Kier molecular flexibility index (Phi) is 8.11. The number of fused-ring (bicyclic) bond motifs is 1. The minimum Gasteiger partial charge on any atom is -0.431 e. The van der Waals surface area contributed by atoms with Crippen molar-refractivity contribution in [3.05, 3.63) is 40.7 Å². The lowest BCUT2D eigenvalue weighted by Crippen LogP contribution is -2.34. The van der Waals surface area contributed by atoms with Crippen molar-refractivity contribution in [2.75, 3.05) is 12.3 Å². The molecule has 40 heavy (non-hydrogen) atoms. The topological polar surface area (TPSA) is 215 Å². The van der Waals surface area contributed by atoms with Gasteiger partial charge in [0, 0.05) is 17.0 Å². The molecule has 0 saturated heterocycles. The fourth-order valence-electron chi connectivity index (χ4n) is 3.93. The van der Waals surface area contributed by atoms with E-state index in [9.17, 15) is 29.3 Å². The Balaban J connectivity index is 1.54. The van der Waals surface area contributed by atoms with Gasteiger partial charge in [0.2, 0.25) is 5.95 Å². The van der Waals surface area contributed by atoms with Gasteiger partial charge < -0.3 is 34.3 Å². The van der Waals surface area contributed by atoms with Crippen LogP contribution in [0.1, 0.15) is 34.1 Å². The molecule has 0 radical (unpaired) electrons. The van der Waals surface area contributed by atoms with Crippen LogP contribution >= 0.6 is 19.4 Å². The minimum atomic E-state index is -4.84. The van der Waals surface area contributed by atoms with E-state index in [0.29, 0.717) is 27.5 Å². The van der Waals surface area contributed by atoms with Gasteiger partial charge in [-0.15, -0.1) is 0 Å². The summed E-state index contributed by atoms with van der Waals surface area (Å²) < 4.78 is 29.8. The molecule has 3 unspecified atom stereocenters. The van der Waals surface area contributed by atoms with Gasteiger partial charge in [-0.3, -0.25) is 14.7 Å².